The van der Waals surface area contributed by atoms with Crippen molar-refractivity contribution in [1.29, 1.82) is 0 Å². The zero-order valence-corrected chi connectivity index (χ0v) is 19.6. The number of nitrogens with one attached hydrogen (secondary N) is 1. The molecule has 166 valence electrons. The van der Waals surface area contributed by atoms with Crippen LogP contribution in [0.25, 0.3) is 0 Å². The summed E-state index contributed by atoms with van der Waals surface area (Å²) in [5.74, 6) is 0.0517. The van der Waals surface area contributed by atoms with Gasteiger partial charge in [0.05, 0.1) is 6.04 Å². The zero-order chi connectivity index (χ0) is 23.2. The Labute approximate surface area is 206 Å². The van der Waals surface area contributed by atoms with E-state index in [4.69, 9.17) is 11.6 Å². The van der Waals surface area contributed by atoms with Gasteiger partial charge in [-0.3, -0.25) is 0 Å². The van der Waals surface area contributed by atoms with Gasteiger partial charge < -0.3 is 5.32 Å². The second kappa shape index (κ2) is 10.4. The smallest absolute Gasteiger partial charge is 0.0767 e. The van der Waals surface area contributed by atoms with Crippen molar-refractivity contribution in [3.8, 4) is 0 Å². The molecule has 0 spiro atoms. The van der Waals surface area contributed by atoms with Gasteiger partial charge in [-0.25, -0.2) is 0 Å². The van der Waals surface area contributed by atoms with E-state index in [9.17, 15) is 0 Å². The lowest BCUT2D eigenvalue weighted by Crippen LogP contribution is -2.15. The Morgan fingerprint density at radius 1 is 0.471 bits per heavy atom. The second-order valence-corrected chi connectivity index (χ2v) is 8.82. The standard InChI is InChI=1S/C32H26ClN/c33-28-21-22-30(34-32(26-17-9-3-10-18-26)27-19-11-4-12-20-27)29(23-28)31(24-13-5-1-6-14-24)25-15-7-2-8-16-25/h1-23,31-32,34H. The molecule has 0 radical (unpaired) electrons. The lowest BCUT2D eigenvalue weighted by atomic mass is 9.84. The predicted molar refractivity (Wildman–Crippen MR) is 144 cm³/mol. The highest BCUT2D eigenvalue weighted by Crippen LogP contribution is 2.39. The van der Waals surface area contributed by atoms with Crippen LogP contribution >= 0.6 is 11.6 Å². The molecule has 0 saturated carbocycles. The minimum Gasteiger partial charge on any atom is -0.374 e. The minimum atomic E-state index is 0.00882. The molecule has 0 fully saturated rings. The maximum absolute atomic E-state index is 6.58. The van der Waals surface area contributed by atoms with E-state index in [-0.39, 0.29) is 12.0 Å². The van der Waals surface area contributed by atoms with Crippen LogP contribution in [0.1, 0.15) is 39.8 Å². The fourth-order valence-electron chi connectivity index (χ4n) is 4.55. The van der Waals surface area contributed by atoms with Gasteiger partial charge in [0.25, 0.3) is 0 Å². The summed E-state index contributed by atoms with van der Waals surface area (Å²) >= 11 is 6.58. The molecule has 5 rings (SSSR count). The summed E-state index contributed by atoms with van der Waals surface area (Å²) in [6, 6.07) is 48.6. The molecule has 0 heterocycles. The van der Waals surface area contributed by atoms with Gasteiger partial charge in [-0.1, -0.05) is 133 Å². The average Bonchev–Trinajstić information content (AvgIpc) is 2.91. The van der Waals surface area contributed by atoms with Crippen LogP contribution in [0.15, 0.2) is 140 Å². The number of hydrogen-bond acceptors (Lipinski definition) is 1. The first-order valence-electron chi connectivity index (χ1n) is 11.6. The van der Waals surface area contributed by atoms with Crippen LogP contribution < -0.4 is 5.32 Å². The van der Waals surface area contributed by atoms with Crippen molar-refractivity contribution >= 4 is 17.3 Å². The Morgan fingerprint density at radius 3 is 1.32 bits per heavy atom. The van der Waals surface area contributed by atoms with E-state index in [1.54, 1.807) is 0 Å². The van der Waals surface area contributed by atoms with Crippen molar-refractivity contribution in [1.82, 2.24) is 0 Å². The van der Waals surface area contributed by atoms with E-state index in [1.165, 1.54) is 22.3 Å². The maximum Gasteiger partial charge on any atom is 0.0767 e. The van der Waals surface area contributed by atoms with Crippen LogP contribution in [-0.2, 0) is 0 Å². The highest BCUT2D eigenvalue weighted by Gasteiger charge is 2.22. The van der Waals surface area contributed by atoms with Gasteiger partial charge in [-0.2, -0.15) is 0 Å². The summed E-state index contributed by atoms with van der Waals surface area (Å²) in [5.41, 5.74) is 7.11. The highest BCUT2D eigenvalue weighted by molar-refractivity contribution is 6.30. The SMILES string of the molecule is Clc1ccc(NC(c2ccccc2)c2ccccc2)c(C(c2ccccc2)c2ccccc2)c1. The highest BCUT2D eigenvalue weighted by atomic mass is 35.5. The summed E-state index contributed by atoms with van der Waals surface area (Å²) < 4.78 is 0. The molecule has 0 aliphatic carbocycles. The van der Waals surface area contributed by atoms with Crippen molar-refractivity contribution in [2.45, 2.75) is 12.0 Å². The van der Waals surface area contributed by atoms with E-state index in [2.05, 4.69) is 139 Å². The zero-order valence-electron chi connectivity index (χ0n) is 18.8. The Kier molecular flexibility index (Phi) is 6.74. The van der Waals surface area contributed by atoms with E-state index in [0.717, 1.165) is 16.3 Å². The summed E-state index contributed by atoms with van der Waals surface area (Å²) in [6.07, 6.45) is 0. The maximum atomic E-state index is 6.58. The topological polar surface area (TPSA) is 12.0 Å². The third-order valence-electron chi connectivity index (χ3n) is 6.16. The van der Waals surface area contributed by atoms with Crippen molar-refractivity contribution in [2.75, 3.05) is 5.32 Å². The summed E-state index contributed by atoms with van der Waals surface area (Å²) in [5, 5.41) is 4.60. The molecule has 34 heavy (non-hydrogen) atoms. The molecule has 0 saturated heterocycles. The Balaban J connectivity index is 1.65. The van der Waals surface area contributed by atoms with Gasteiger partial charge in [-0.05, 0) is 46.0 Å². The number of anilines is 1. The van der Waals surface area contributed by atoms with Crippen molar-refractivity contribution in [3.63, 3.8) is 0 Å². The van der Waals surface area contributed by atoms with E-state index in [1.807, 2.05) is 6.07 Å². The normalized spacial score (nSPS) is 11.0. The van der Waals surface area contributed by atoms with E-state index in [0.29, 0.717) is 0 Å². The molecule has 0 bridgehead atoms. The molecule has 0 amide bonds. The van der Waals surface area contributed by atoms with Crippen LogP contribution in [0.5, 0.6) is 0 Å². The summed E-state index contributed by atoms with van der Waals surface area (Å²) in [6.45, 7) is 0. The molecule has 5 aromatic rings. The first-order valence-corrected chi connectivity index (χ1v) is 11.9. The number of rotatable bonds is 7. The van der Waals surface area contributed by atoms with E-state index < -0.39 is 0 Å². The van der Waals surface area contributed by atoms with Crippen LogP contribution in [0.3, 0.4) is 0 Å². The molecule has 5 aromatic carbocycles. The molecular formula is C32H26ClN. The van der Waals surface area contributed by atoms with Gasteiger partial charge in [0.1, 0.15) is 0 Å². The first kappa shape index (κ1) is 22.0. The van der Waals surface area contributed by atoms with Crippen LogP contribution in [0, 0.1) is 0 Å². The fraction of sp³-hybridized carbons (Fsp3) is 0.0625. The molecule has 1 nitrogen and oxygen atoms in total. The number of hydrogen-bond donors (Lipinski definition) is 1. The molecule has 2 heteroatoms. The molecule has 0 atom stereocenters. The van der Waals surface area contributed by atoms with Crippen molar-refractivity contribution in [2.24, 2.45) is 0 Å². The molecule has 0 unspecified atom stereocenters. The first-order chi connectivity index (χ1) is 16.8. The molecule has 0 aliphatic heterocycles. The van der Waals surface area contributed by atoms with Crippen LogP contribution in [0.2, 0.25) is 5.02 Å². The van der Waals surface area contributed by atoms with Gasteiger partial charge >= 0.3 is 0 Å². The van der Waals surface area contributed by atoms with E-state index >= 15 is 0 Å². The Hall–Kier alpha value is -3.81. The number of benzene rings is 5. The van der Waals surface area contributed by atoms with Crippen molar-refractivity contribution in [3.05, 3.63) is 172 Å². The molecular weight excluding hydrogens is 434 g/mol. The molecule has 1 N–H and O–H groups in total. The predicted octanol–water partition coefficient (Wildman–Crippen LogP) is 8.72. The molecule has 0 aromatic heterocycles. The lowest BCUT2D eigenvalue weighted by Gasteiger charge is -2.27. The average molecular weight is 460 g/mol. The largest absolute Gasteiger partial charge is 0.374 e. The van der Waals surface area contributed by atoms with Crippen LogP contribution in [0.4, 0.5) is 5.69 Å². The fourth-order valence-corrected chi connectivity index (χ4v) is 4.73. The third-order valence-corrected chi connectivity index (χ3v) is 6.39. The Morgan fingerprint density at radius 2 is 0.882 bits per heavy atom. The summed E-state index contributed by atoms with van der Waals surface area (Å²) in [4.78, 5) is 0. The molecule has 0 aliphatic rings. The Bertz CT molecular complexity index is 1240. The number of halogens is 1. The van der Waals surface area contributed by atoms with Gasteiger partial charge in [0.2, 0.25) is 0 Å². The van der Waals surface area contributed by atoms with Crippen molar-refractivity contribution < 1.29 is 0 Å². The lowest BCUT2D eigenvalue weighted by molar-refractivity contribution is 0.916. The summed E-state index contributed by atoms with van der Waals surface area (Å²) in [7, 11) is 0. The van der Waals surface area contributed by atoms with Gasteiger partial charge in [-0.15, -0.1) is 0 Å². The van der Waals surface area contributed by atoms with Crippen LogP contribution in [-0.4, -0.2) is 0 Å². The quantitative estimate of drug-likeness (QED) is 0.240. The van der Waals surface area contributed by atoms with Gasteiger partial charge in [0, 0.05) is 16.6 Å². The monoisotopic (exact) mass is 459 g/mol. The second-order valence-electron chi connectivity index (χ2n) is 8.38. The third kappa shape index (κ3) is 4.90. The minimum absolute atomic E-state index is 0.00882. The van der Waals surface area contributed by atoms with Gasteiger partial charge in [0.15, 0.2) is 0 Å².